The van der Waals surface area contributed by atoms with E-state index in [0.29, 0.717) is 59.6 Å². The first kappa shape index (κ1) is 31.6. The second kappa shape index (κ2) is 13.8. The van der Waals surface area contributed by atoms with Crippen LogP contribution < -0.4 is 10.9 Å². The highest BCUT2D eigenvalue weighted by atomic mass is 19.1. The first-order valence-electron chi connectivity index (χ1n) is 14.9. The van der Waals surface area contributed by atoms with Crippen molar-refractivity contribution < 1.29 is 28.0 Å². The Morgan fingerprint density at radius 2 is 2.05 bits per heavy atom. The second-order valence-electron chi connectivity index (χ2n) is 11.6. The maximum atomic E-state index is 13.7. The largest absolute Gasteiger partial charge is 0.411 e. The molecule has 2 aliphatic rings. The number of carbonyl (C=O) groups excluding carboxylic acids is 1. The number of piperidine rings is 1. The Balaban J connectivity index is 0.00000405. The number of likely N-dealkylation sites (tertiary alicyclic amines) is 1. The Morgan fingerprint density at radius 3 is 2.81 bits per heavy atom. The Bertz CT molecular complexity index is 1430. The standard InChI is InChI=1S/C30H40FN5O5.CH3/c1-3-4-5-13-32-30(39)40-19-36(17-12-23-20(2)33-28-25(37)7-6-14-35(28)29(23)38)15-10-21(11-16-36)27-24-9-8-22(31)18-26(24)41-34-27;/h8-9,18,21,25,37H,3-7,10-17,19H2,1-2H3;1H3/q;-1/p+1. The van der Waals surface area contributed by atoms with Gasteiger partial charge >= 0.3 is 6.09 Å². The van der Waals surface area contributed by atoms with E-state index in [1.54, 1.807) is 10.6 Å². The van der Waals surface area contributed by atoms with E-state index >= 15 is 0 Å². The second-order valence-corrected chi connectivity index (χ2v) is 11.6. The van der Waals surface area contributed by atoms with E-state index in [4.69, 9.17) is 9.26 Å². The van der Waals surface area contributed by atoms with E-state index in [1.165, 1.54) is 12.1 Å². The Hall–Kier alpha value is -3.31. The third-order valence-electron chi connectivity index (χ3n) is 8.76. The minimum Gasteiger partial charge on any atom is -0.399 e. The Morgan fingerprint density at radius 1 is 1.26 bits per heavy atom. The fraction of sp³-hybridized carbons (Fsp3) is 0.581. The average molecular weight is 586 g/mol. The van der Waals surface area contributed by atoms with Crippen molar-refractivity contribution in [3.05, 3.63) is 64.6 Å². The van der Waals surface area contributed by atoms with Crippen LogP contribution in [0.3, 0.4) is 0 Å². The van der Waals surface area contributed by atoms with E-state index in [2.05, 4.69) is 22.4 Å². The van der Waals surface area contributed by atoms with Crippen LogP contribution in [0.25, 0.3) is 11.0 Å². The molecule has 0 saturated carbocycles. The van der Waals surface area contributed by atoms with Gasteiger partial charge in [0.1, 0.15) is 17.7 Å². The van der Waals surface area contributed by atoms with Crippen molar-refractivity contribution in [3.8, 4) is 0 Å². The van der Waals surface area contributed by atoms with Crippen molar-refractivity contribution in [1.29, 1.82) is 0 Å². The molecule has 0 radical (unpaired) electrons. The van der Waals surface area contributed by atoms with Gasteiger partial charge in [0.25, 0.3) is 5.56 Å². The average Bonchev–Trinajstić information content (AvgIpc) is 3.38. The summed E-state index contributed by atoms with van der Waals surface area (Å²) >= 11 is 0. The number of aryl methyl sites for hydroxylation is 1. The molecular formula is C31H44FN5O5. The summed E-state index contributed by atoms with van der Waals surface area (Å²) in [6.07, 6.45) is 5.30. The molecule has 0 aliphatic carbocycles. The summed E-state index contributed by atoms with van der Waals surface area (Å²) in [5.74, 6) is 0.229. The van der Waals surface area contributed by atoms with E-state index in [9.17, 15) is 19.1 Å². The van der Waals surface area contributed by atoms with E-state index < -0.39 is 12.2 Å². The zero-order valence-corrected chi connectivity index (χ0v) is 25.0. The van der Waals surface area contributed by atoms with Crippen LogP contribution in [-0.4, -0.2) is 63.3 Å². The predicted molar refractivity (Wildman–Crippen MR) is 157 cm³/mol. The van der Waals surface area contributed by atoms with Gasteiger partial charge < -0.3 is 27.1 Å². The summed E-state index contributed by atoms with van der Waals surface area (Å²) in [7, 11) is 0. The zero-order valence-electron chi connectivity index (χ0n) is 25.0. The van der Waals surface area contributed by atoms with Gasteiger partial charge in [0.05, 0.1) is 25.3 Å². The van der Waals surface area contributed by atoms with Crippen LogP contribution in [0.5, 0.6) is 0 Å². The van der Waals surface area contributed by atoms with Gasteiger partial charge in [-0.05, 0) is 38.3 Å². The number of rotatable bonds is 10. The lowest BCUT2D eigenvalue weighted by atomic mass is 9.90. The summed E-state index contributed by atoms with van der Waals surface area (Å²) in [4.78, 5) is 30.5. The zero-order chi connectivity index (χ0) is 29.0. The Labute approximate surface area is 246 Å². The third kappa shape index (κ3) is 6.83. The number of aliphatic hydroxyl groups is 1. The maximum absolute atomic E-state index is 13.7. The SMILES string of the molecule is CCCCCNC(=O)OC[N+]1(CCc2c(C)nc3n(c2=O)CCCC3O)CCC(c2noc3cc(F)ccc23)CC1.[CH3-]. The van der Waals surface area contributed by atoms with E-state index in [-0.39, 0.29) is 31.5 Å². The fourth-order valence-electron chi connectivity index (χ4n) is 6.24. The van der Waals surface area contributed by atoms with Crippen molar-refractivity contribution in [3.63, 3.8) is 0 Å². The maximum Gasteiger partial charge on any atom is 0.411 e. The van der Waals surface area contributed by atoms with Crippen LogP contribution in [0, 0.1) is 20.2 Å². The van der Waals surface area contributed by atoms with Crippen molar-refractivity contribution in [2.45, 2.75) is 83.8 Å². The molecule has 1 amide bonds. The lowest BCUT2D eigenvalue weighted by Gasteiger charge is -2.42. The van der Waals surface area contributed by atoms with Crippen molar-refractivity contribution in [1.82, 2.24) is 20.0 Å². The number of alkyl carbamates (subject to hydrolysis) is 1. The number of ether oxygens (including phenoxy) is 1. The first-order chi connectivity index (χ1) is 19.8. The highest BCUT2D eigenvalue weighted by Crippen LogP contribution is 2.35. The number of hydrogen-bond acceptors (Lipinski definition) is 7. The molecule has 0 spiro atoms. The van der Waals surface area contributed by atoms with Gasteiger partial charge in [0.15, 0.2) is 5.58 Å². The number of fused-ring (bicyclic) bond motifs is 2. The Kier molecular flexibility index (Phi) is 10.4. The number of nitrogens with one attached hydrogen (secondary N) is 1. The van der Waals surface area contributed by atoms with Gasteiger partial charge in [-0.15, -0.1) is 0 Å². The molecule has 5 rings (SSSR count). The van der Waals surface area contributed by atoms with Crippen LogP contribution in [0.15, 0.2) is 27.5 Å². The topological polar surface area (TPSA) is 119 Å². The summed E-state index contributed by atoms with van der Waals surface area (Å²) in [5.41, 5.74) is 2.48. The molecule has 11 heteroatoms. The smallest absolute Gasteiger partial charge is 0.399 e. The van der Waals surface area contributed by atoms with E-state index in [0.717, 1.165) is 62.7 Å². The molecule has 230 valence electrons. The molecule has 42 heavy (non-hydrogen) atoms. The normalized spacial score (nSPS) is 21.9. The molecule has 4 heterocycles. The van der Waals surface area contributed by atoms with Crippen LogP contribution in [0.2, 0.25) is 0 Å². The van der Waals surface area contributed by atoms with Crippen molar-refractivity contribution >= 4 is 17.1 Å². The summed E-state index contributed by atoms with van der Waals surface area (Å²) in [6, 6.07) is 4.50. The minimum atomic E-state index is -0.713. The lowest BCUT2D eigenvalue weighted by molar-refractivity contribution is -0.947. The number of hydrogen-bond donors (Lipinski definition) is 2. The van der Waals surface area contributed by atoms with Gasteiger partial charge in [-0.25, -0.2) is 14.2 Å². The van der Waals surface area contributed by atoms with Crippen molar-refractivity contribution in [2.24, 2.45) is 0 Å². The highest BCUT2D eigenvalue weighted by Gasteiger charge is 2.38. The fourth-order valence-corrected chi connectivity index (χ4v) is 6.24. The first-order valence-corrected chi connectivity index (χ1v) is 14.9. The summed E-state index contributed by atoms with van der Waals surface area (Å²) in [6.45, 7) is 7.34. The van der Waals surface area contributed by atoms with Crippen LogP contribution in [0.1, 0.15) is 86.7 Å². The molecule has 2 aromatic heterocycles. The number of aromatic nitrogens is 3. The molecule has 0 bridgehead atoms. The van der Waals surface area contributed by atoms with Gasteiger partial charge in [0.2, 0.25) is 6.73 Å². The van der Waals surface area contributed by atoms with Crippen LogP contribution >= 0.6 is 0 Å². The number of aliphatic hydroxyl groups excluding tert-OH is 1. The van der Waals surface area contributed by atoms with Gasteiger partial charge in [0, 0.05) is 61.0 Å². The predicted octanol–water partition coefficient (Wildman–Crippen LogP) is 4.92. The quantitative estimate of drug-likeness (QED) is 0.197. The number of amides is 1. The monoisotopic (exact) mass is 585 g/mol. The van der Waals surface area contributed by atoms with E-state index in [1.807, 2.05) is 6.92 Å². The lowest BCUT2D eigenvalue weighted by Crippen LogP contribution is -2.56. The molecule has 2 aliphatic heterocycles. The number of nitrogens with zero attached hydrogens (tertiary/aromatic N) is 4. The van der Waals surface area contributed by atoms with Gasteiger partial charge in [-0.2, -0.15) is 0 Å². The molecule has 1 aromatic carbocycles. The van der Waals surface area contributed by atoms with Gasteiger partial charge in [-0.3, -0.25) is 13.8 Å². The molecule has 10 nitrogen and oxygen atoms in total. The number of carbonyl (C=O) groups is 1. The molecule has 1 unspecified atom stereocenters. The van der Waals surface area contributed by atoms with Gasteiger partial charge in [-0.1, -0.05) is 24.9 Å². The van der Waals surface area contributed by atoms with Crippen LogP contribution in [-0.2, 0) is 17.7 Å². The number of halogens is 1. The molecule has 1 fully saturated rings. The molecular weight excluding hydrogens is 541 g/mol. The minimum absolute atomic E-state index is 0. The number of unbranched alkanes of at least 4 members (excludes halogenated alkanes) is 2. The molecule has 1 saturated heterocycles. The van der Waals surface area contributed by atoms with Crippen LogP contribution in [0.4, 0.5) is 9.18 Å². The highest BCUT2D eigenvalue weighted by molar-refractivity contribution is 5.79. The molecule has 1 atom stereocenters. The number of quaternary nitrogens is 1. The summed E-state index contributed by atoms with van der Waals surface area (Å²) in [5, 5.41) is 18.3. The summed E-state index contributed by atoms with van der Waals surface area (Å²) < 4.78 is 27.0. The third-order valence-corrected chi connectivity index (χ3v) is 8.76. The number of benzene rings is 1. The van der Waals surface area contributed by atoms with Crippen molar-refractivity contribution in [2.75, 3.05) is 32.9 Å². The molecule has 2 N–H and O–H groups in total. The molecule has 3 aromatic rings.